The number of rotatable bonds is 3. The molecule has 2 heterocycles. The molecule has 25 heavy (non-hydrogen) atoms. The Balaban J connectivity index is 1.70. The van der Waals surface area contributed by atoms with Gasteiger partial charge in [-0.2, -0.15) is 0 Å². The van der Waals surface area contributed by atoms with E-state index in [1.54, 1.807) is 12.1 Å². The van der Waals surface area contributed by atoms with Gasteiger partial charge >= 0.3 is 0 Å². The van der Waals surface area contributed by atoms with Gasteiger partial charge in [-0.15, -0.1) is 0 Å². The number of aromatic nitrogens is 2. The third-order valence-electron chi connectivity index (χ3n) is 3.87. The Morgan fingerprint density at radius 2 is 1.92 bits per heavy atom. The molecule has 2 aromatic heterocycles. The number of aryl methyl sites for hydroxylation is 1. The monoisotopic (exact) mass is 395 g/mol. The van der Waals surface area contributed by atoms with Crippen molar-refractivity contribution in [3.8, 4) is 11.6 Å². The fourth-order valence-electron chi connectivity index (χ4n) is 2.61. The second-order valence-electron chi connectivity index (χ2n) is 5.71. The summed E-state index contributed by atoms with van der Waals surface area (Å²) in [6, 6.07) is 16.7. The standard InChI is InChI=1S/C19H14BrN3O2/c1-11-5-7-12(8-6-11)21-19(24)13-3-2-4-14-17(13)23-18(22-14)15-9-10-16(20)25-15/h2-10H,1H3,(H,21,24)(H,22,23). The topological polar surface area (TPSA) is 70.9 Å². The van der Waals surface area contributed by atoms with Gasteiger partial charge in [0.25, 0.3) is 5.91 Å². The molecule has 0 aliphatic heterocycles. The number of hydrogen-bond acceptors (Lipinski definition) is 3. The molecule has 0 aliphatic rings. The largest absolute Gasteiger partial charge is 0.446 e. The molecular weight excluding hydrogens is 382 g/mol. The number of halogens is 1. The predicted octanol–water partition coefficient (Wildman–Crippen LogP) is 5.15. The van der Waals surface area contributed by atoms with E-state index in [0.717, 1.165) is 16.8 Å². The maximum Gasteiger partial charge on any atom is 0.257 e. The molecule has 0 unspecified atom stereocenters. The SMILES string of the molecule is Cc1ccc(NC(=O)c2cccc3[nH]c(-c4ccc(Br)o4)nc23)cc1. The summed E-state index contributed by atoms with van der Waals surface area (Å²) in [5, 5.41) is 2.91. The van der Waals surface area contributed by atoms with Crippen molar-refractivity contribution in [2.45, 2.75) is 6.92 Å². The molecule has 124 valence electrons. The lowest BCUT2D eigenvalue weighted by molar-refractivity contribution is 0.102. The van der Waals surface area contributed by atoms with Gasteiger partial charge < -0.3 is 14.7 Å². The summed E-state index contributed by atoms with van der Waals surface area (Å²) < 4.78 is 6.15. The molecule has 2 N–H and O–H groups in total. The summed E-state index contributed by atoms with van der Waals surface area (Å²) in [4.78, 5) is 20.4. The first-order valence-corrected chi connectivity index (χ1v) is 8.52. The van der Waals surface area contributed by atoms with Crippen molar-refractivity contribution in [3.05, 3.63) is 70.4 Å². The number of benzene rings is 2. The molecule has 0 spiro atoms. The molecule has 4 rings (SSSR count). The van der Waals surface area contributed by atoms with Crippen molar-refractivity contribution in [1.82, 2.24) is 9.97 Å². The van der Waals surface area contributed by atoms with Crippen LogP contribution >= 0.6 is 15.9 Å². The molecule has 4 aromatic rings. The van der Waals surface area contributed by atoms with Crippen LogP contribution in [-0.4, -0.2) is 15.9 Å². The molecule has 0 fully saturated rings. The Labute approximate surface area is 152 Å². The number of hydrogen-bond donors (Lipinski definition) is 2. The first kappa shape index (κ1) is 15.7. The number of para-hydroxylation sites is 1. The van der Waals surface area contributed by atoms with Crippen LogP contribution in [-0.2, 0) is 0 Å². The summed E-state index contributed by atoms with van der Waals surface area (Å²) in [7, 11) is 0. The van der Waals surface area contributed by atoms with E-state index in [1.807, 2.05) is 49.4 Å². The molecule has 0 atom stereocenters. The molecule has 6 heteroatoms. The van der Waals surface area contributed by atoms with Gasteiger partial charge in [-0.1, -0.05) is 23.8 Å². The lowest BCUT2D eigenvalue weighted by Gasteiger charge is -2.06. The number of fused-ring (bicyclic) bond motifs is 1. The van der Waals surface area contributed by atoms with E-state index >= 15 is 0 Å². The maximum atomic E-state index is 12.7. The summed E-state index contributed by atoms with van der Waals surface area (Å²) >= 11 is 3.28. The minimum Gasteiger partial charge on any atom is -0.446 e. The normalized spacial score (nSPS) is 11.0. The highest BCUT2D eigenvalue weighted by atomic mass is 79.9. The average Bonchev–Trinajstić information content (AvgIpc) is 3.22. The maximum absolute atomic E-state index is 12.7. The van der Waals surface area contributed by atoms with Gasteiger partial charge in [0.1, 0.15) is 5.52 Å². The second kappa shape index (κ2) is 6.22. The third kappa shape index (κ3) is 3.08. The Kier molecular flexibility index (Phi) is 3.89. The van der Waals surface area contributed by atoms with Crippen LogP contribution in [0.3, 0.4) is 0 Å². The summed E-state index contributed by atoms with van der Waals surface area (Å²) in [6.07, 6.45) is 0. The van der Waals surface area contributed by atoms with Crippen LogP contribution in [0.1, 0.15) is 15.9 Å². The Hall–Kier alpha value is -2.86. The van der Waals surface area contributed by atoms with Gasteiger partial charge in [0.2, 0.25) is 0 Å². The van der Waals surface area contributed by atoms with E-state index in [4.69, 9.17) is 4.42 Å². The summed E-state index contributed by atoms with van der Waals surface area (Å²) in [5.74, 6) is 0.984. The minimum absolute atomic E-state index is 0.201. The van der Waals surface area contributed by atoms with Crippen molar-refractivity contribution >= 4 is 38.6 Å². The van der Waals surface area contributed by atoms with E-state index in [9.17, 15) is 4.79 Å². The number of carbonyl (C=O) groups excluding carboxylic acids is 1. The van der Waals surface area contributed by atoms with Crippen molar-refractivity contribution in [2.24, 2.45) is 0 Å². The fraction of sp³-hybridized carbons (Fsp3) is 0.0526. The molecule has 2 aromatic carbocycles. The van der Waals surface area contributed by atoms with Gasteiger partial charge in [-0.05, 0) is 59.3 Å². The van der Waals surface area contributed by atoms with Crippen LogP contribution in [0.25, 0.3) is 22.6 Å². The number of imidazole rings is 1. The molecule has 0 radical (unpaired) electrons. The Bertz CT molecular complexity index is 1060. The zero-order valence-electron chi connectivity index (χ0n) is 13.3. The smallest absolute Gasteiger partial charge is 0.257 e. The van der Waals surface area contributed by atoms with Gasteiger partial charge in [-0.3, -0.25) is 4.79 Å². The van der Waals surface area contributed by atoms with Gasteiger partial charge in [-0.25, -0.2) is 4.98 Å². The number of amides is 1. The van der Waals surface area contributed by atoms with Crippen molar-refractivity contribution in [3.63, 3.8) is 0 Å². The van der Waals surface area contributed by atoms with E-state index in [2.05, 4.69) is 31.2 Å². The fourth-order valence-corrected chi connectivity index (χ4v) is 2.92. The van der Waals surface area contributed by atoms with E-state index in [-0.39, 0.29) is 5.91 Å². The number of carbonyl (C=O) groups is 1. The molecule has 0 saturated carbocycles. The van der Waals surface area contributed by atoms with Crippen LogP contribution in [0.2, 0.25) is 0 Å². The Morgan fingerprint density at radius 1 is 1.12 bits per heavy atom. The molecular formula is C19H14BrN3O2. The number of aromatic amines is 1. The molecule has 0 aliphatic carbocycles. The predicted molar refractivity (Wildman–Crippen MR) is 101 cm³/mol. The summed E-state index contributed by atoms with van der Waals surface area (Å²) in [5.41, 5.74) is 3.78. The highest BCUT2D eigenvalue weighted by Gasteiger charge is 2.16. The van der Waals surface area contributed by atoms with Gasteiger partial charge in [0.05, 0.1) is 11.1 Å². The highest BCUT2D eigenvalue weighted by molar-refractivity contribution is 9.10. The van der Waals surface area contributed by atoms with Crippen LogP contribution < -0.4 is 5.32 Å². The lowest BCUT2D eigenvalue weighted by atomic mass is 10.1. The van der Waals surface area contributed by atoms with Crippen molar-refractivity contribution in [1.29, 1.82) is 0 Å². The quantitative estimate of drug-likeness (QED) is 0.503. The second-order valence-corrected chi connectivity index (χ2v) is 6.49. The summed E-state index contributed by atoms with van der Waals surface area (Å²) in [6.45, 7) is 2.00. The van der Waals surface area contributed by atoms with E-state index < -0.39 is 0 Å². The van der Waals surface area contributed by atoms with Gasteiger partial charge in [0, 0.05) is 5.69 Å². The first-order valence-electron chi connectivity index (χ1n) is 7.72. The van der Waals surface area contributed by atoms with E-state index in [0.29, 0.717) is 27.3 Å². The Morgan fingerprint density at radius 3 is 2.64 bits per heavy atom. The number of furan rings is 1. The third-order valence-corrected chi connectivity index (χ3v) is 4.30. The number of nitrogens with one attached hydrogen (secondary N) is 2. The zero-order valence-corrected chi connectivity index (χ0v) is 14.9. The van der Waals surface area contributed by atoms with E-state index in [1.165, 1.54) is 0 Å². The van der Waals surface area contributed by atoms with Gasteiger partial charge in [0.15, 0.2) is 16.3 Å². The van der Waals surface area contributed by atoms with Crippen LogP contribution in [0.15, 0.2) is 63.7 Å². The molecule has 0 bridgehead atoms. The molecule has 1 amide bonds. The lowest BCUT2D eigenvalue weighted by Crippen LogP contribution is -2.12. The van der Waals surface area contributed by atoms with Crippen LogP contribution in [0.5, 0.6) is 0 Å². The van der Waals surface area contributed by atoms with Crippen LogP contribution in [0, 0.1) is 6.92 Å². The van der Waals surface area contributed by atoms with Crippen molar-refractivity contribution in [2.75, 3.05) is 5.32 Å². The number of nitrogens with zero attached hydrogens (tertiary/aromatic N) is 1. The number of anilines is 1. The molecule has 5 nitrogen and oxygen atoms in total. The van der Waals surface area contributed by atoms with Crippen LogP contribution in [0.4, 0.5) is 5.69 Å². The minimum atomic E-state index is -0.201. The highest BCUT2D eigenvalue weighted by Crippen LogP contribution is 2.26. The molecule has 0 saturated heterocycles. The number of H-pyrrole nitrogens is 1. The first-order chi connectivity index (χ1) is 12.1. The average molecular weight is 396 g/mol. The zero-order chi connectivity index (χ0) is 17.4. The van der Waals surface area contributed by atoms with Crippen molar-refractivity contribution < 1.29 is 9.21 Å².